The Balaban J connectivity index is 2.70. The first kappa shape index (κ1) is 17.2. The van der Waals surface area contributed by atoms with E-state index in [4.69, 9.17) is 0 Å². The third kappa shape index (κ3) is 5.26. The SMILES string of the molecule is CCCc1ccc(C(C)NC(CCO)C(C)(C)C)cc1. The van der Waals surface area contributed by atoms with Crippen LogP contribution in [0.15, 0.2) is 24.3 Å². The minimum atomic E-state index is 0.152. The molecule has 1 rings (SSSR count). The number of rotatable bonds is 7. The molecular formula is C18H31NO. The molecular weight excluding hydrogens is 246 g/mol. The zero-order chi connectivity index (χ0) is 15.2. The highest BCUT2D eigenvalue weighted by Crippen LogP contribution is 2.25. The number of aliphatic hydroxyl groups is 1. The lowest BCUT2D eigenvalue weighted by molar-refractivity contribution is 0.188. The van der Waals surface area contributed by atoms with E-state index in [2.05, 4.69) is 64.2 Å². The normalized spacial score (nSPS) is 15.1. The van der Waals surface area contributed by atoms with Crippen LogP contribution >= 0.6 is 0 Å². The van der Waals surface area contributed by atoms with Gasteiger partial charge >= 0.3 is 0 Å². The molecule has 0 saturated heterocycles. The fourth-order valence-electron chi connectivity index (χ4n) is 2.56. The maximum atomic E-state index is 9.24. The van der Waals surface area contributed by atoms with Gasteiger partial charge in [-0.3, -0.25) is 0 Å². The average molecular weight is 277 g/mol. The van der Waals surface area contributed by atoms with Crippen molar-refractivity contribution in [3.8, 4) is 0 Å². The second kappa shape index (κ2) is 7.80. The van der Waals surface area contributed by atoms with Gasteiger partial charge in [0.05, 0.1) is 0 Å². The van der Waals surface area contributed by atoms with Gasteiger partial charge in [0.1, 0.15) is 0 Å². The highest BCUT2D eigenvalue weighted by Gasteiger charge is 2.25. The van der Waals surface area contributed by atoms with Gasteiger partial charge < -0.3 is 10.4 Å². The predicted octanol–water partition coefficient (Wildman–Crippen LogP) is 4.09. The van der Waals surface area contributed by atoms with Crippen LogP contribution in [0, 0.1) is 5.41 Å². The zero-order valence-electron chi connectivity index (χ0n) is 13.7. The molecule has 0 aliphatic carbocycles. The Morgan fingerprint density at radius 1 is 1.15 bits per heavy atom. The second-order valence-corrected chi connectivity index (χ2v) is 6.81. The van der Waals surface area contributed by atoms with Gasteiger partial charge in [0, 0.05) is 18.7 Å². The summed E-state index contributed by atoms with van der Waals surface area (Å²) < 4.78 is 0. The van der Waals surface area contributed by atoms with E-state index >= 15 is 0 Å². The van der Waals surface area contributed by atoms with Crippen molar-refractivity contribution in [2.75, 3.05) is 6.61 Å². The van der Waals surface area contributed by atoms with Gasteiger partial charge in [0.25, 0.3) is 0 Å². The summed E-state index contributed by atoms with van der Waals surface area (Å²) >= 11 is 0. The Bertz CT molecular complexity index is 377. The van der Waals surface area contributed by atoms with E-state index in [9.17, 15) is 5.11 Å². The fourth-order valence-corrected chi connectivity index (χ4v) is 2.56. The monoisotopic (exact) mass is 277 g/mol. The smallest absolute Gasteiger partial charge is 0.0446 e. The molecule has 1 aromatic rings. The Hall–Kier alpha value is -0.860. The summed E-state index contributed by atoms with van der Waals surface area (Å²) in [5.41, 5.74) is 2.88. The maximum Gasteiger partial charge on any atom is 0.0446 e. The van der Waals surface area contributed by atoms with Crippen molar-refractivity contribution >= 4 is 0 Å². The molecule has 0 spiro atoms. The van der Waals surface area contributed by atoms with Crippen molar-refractivity contribution in [2.24, 2.45) is 5.41 Å². The van der Waals surface area contributed by atoms with Crippen molar-refractivity contribution in [3.05, 3.63) is 35.4 Å². The molecule has 114 valence electrons. The van der Waals surface area contributed by atoms with Crippen LogP contribution in [-0.2, 0) is 6.42 Å². The van der Waals surface area contributed by atoms with E-state index in [-0.39, 0.29) is 12.0 Å². The van der Waals surface area contributed by atoms with Gasteiger partial charge in [-0.15, -0.1) is 0 Å². The molecule has 0 fully saturated rings. The minimum Gasteiger partial charge on any atom is -0.396 e. The Morgan fingerprint density at radius 2 is 1.75 bits per heavy atom. The summed E-state index contributed by atoms with van der Waals surface area (Å²) in [5, 5.41) is 12.9. The third-order valence-electron chi connectivity index (χ3n) is 3.93. The average Bonchev–Trinajstić information content (AvgIpc) is 2.38. The van der Waals surface area contributed by atoms with Gasteiger partial charge in [-0.25, -0.2) is 0 Å². The largest absolute Gasteiger partial charge is 0.396 e. The maximum absolute atomic E-state index is 9.24. The van der Waals surface area contributed by atoms with Crippen LogP contribution in [0.4, 0.5) is 0 Å². The summed E-state index contributed by atoms with van der Waals surface area (Å²) in [5.74, 6) is 0. The van der Waals surface area contributed by atoms with Gasteiger partial charge in [0.2, 0.25) is 0 Å². The Kier molecular flexibility index (Phi) is 6.70. The fraction of sp³-hybridized carbons (Fsp3) is 0.667. The van der Waals surface area contributed by atoms with Gasteiger partial charge in [-0.1, -0.05) is 58.4 Å². The molecule has 0 saturated carbocycles. The molecule has 0 aliphatic heterocycles. The van der Waals surface area contributed by atoms with E-state index in [1.54, 1.807) is 0 Å². The van der Waals surface area contributed by atoms with Crippen molar-refractivity contribution in [1.82, 2.24) is 5.32 Å². The molecule has 0 heterocycles. The van der Waals surface area contributed by atoms with Crippen LogP contribution in [-0.4, -0.2) is 17.8 Å². The number of aryl methyl sites for hydroxylation is 1. The highest BCUT2D eigenvalue weighted by atomic mass is 16.3. The van der Waals surface area contributed by atoms with Crippen LogP contribution in [0.1, 0.15) is 64.6 Å². The summed E-state index contributed by atoms with van der Waals surface area (Å²) in [4.78, 5) is 0. The topological polar surface area (TPSA) is 32.3 Å². The number of hydrogen-bond acceptors (Lipinski definition) is 2. The molecule has 20 heavy (non-hydrogen) atoms. The number of benzene rings is 1. The minimum absolute atomic E-state index is 0.152. The zero-order valence-corrected chi connectivity index (χ0v) is 13.7. The first-order chi connectivity index (χ1) is 9.38. The number of aliphatic hydroxyl groups excluding tert-OH is 1. The van der Waals surface area contributed by atoms with Crippen LogP contribution in [0.2, 0.25) is 0 Å². The van der Waals surface area contributed by atoms with Crippen LogP contribution in [0.5, 0.6) is 0 Å². The number of hydrogen-bond donors (Lipinski definition) is 2. The van der Waals surface area contributed by atoms with E-state index in [1.807, 2.05) is 0 Å². The molecule has 0 radical (unpaired) electrons. The van der Waals surface area contributed by atoms with Crippen LogP contribution in [0.25, 0.3) is 0 Å². The van der Waals surface area contributed by atoms with Crippen molar-refractivity contribution in [1.29, 1.82) is 0 Å². The Labute approximate surface area is 124 Å². The van der Waals surface area contributed by atoms with Crippen molar-refractivity contribution in [2.45, 2.75) is 66.0 Å². The molecule has 2 atom stereocenters. The molecule has 0 bridgehead atoms. The van der Waals surface area contributed by atoms with E-state index in [0.717, 1.165) is 12.8 Å². The highest BCUT2D eigenvalue weighted by molar-refractivity contribution is 5.25. The molecule has 2 N–H and O–H groups in total. The van der Waals surface area contributed by atoms with Gasteiger partial charge in [-0.2, -0.15) is 0 Å². The molecule has 0 aliphatic rings. The summed E-state index contributed by atoms with van der Waals surface area (Å²) in [6.45, 7) is 11.3. The summed E-state index contributed by atoms with van der Waals surface area (Å²) in [6, 6.07) is 9.53. The van der Waals surface area contributed by atoms with E-state index in [0.29, 0.717) is 12.1 Å². The molecule has 2 unspecified atom stereocenters. The molecule has 2 heteroatoms. The molecule has 2 nitrogen and oxygen atoms in total. The quantitative estimate of drug-likeness (QED) is 0.787. The van der Waals surface area contributed by atoms with Gasteiger partial charge in [0.15, 0.2) is 0 Å². The third-order valence-corrected chi connectivity index (χ3v) is 3.93. The Morgan fingerprint density at radius 3 is 2.20 bits per heavy atom. The summed E-state index contributed by atoms with van der Waals surface area (Å²) in [6.07, 6.45) is 3.13. The van der Waals surface area contributed by atoms with Crippen molar-refractivity contribution in [3.63, 3.8) is 0 Å². The lowest BCUT2D eigenvalue weighted by Gasteiger charge is -2.34. The van der Waals surface area contributed by atoms with Crippen molar-refractivity contribution < 1.29 is 5.11 Å². The number of nitrogens with one attached hydrogen (secondary N) is 1. The van der Waals surface area contributed by atoms with E-state index < -0.39 is 0 Å². The standard InChI is InChI=1S/C18H31NO/c1-6-7-15-8-10-16(11-9-15)14(2)19-17(12-13-20)18(3,4)5/h8-11,14,17,19-20H,6-7,12-13H2,1-5H3. The van der Waals surface area contributed by atoms with Crippen LogP contribution in [0.3, 0.4) is 0 Å². The molecule has 1 aromatic carbocycles. The lowest BCUT2D eigenvalue weighted by Crippen LogP contribution is -2.42. The predicted molar refractivity (Wildman–Crippen MR) is 86.9 cm³/mol. The van der Waals surface area contributed by atoms with Gasteiger partial charge in [-0.05, 0) is 36.3 Å². The molecule has 0 aromatic heterocycles. The first-order valence-electron chi connectivity index (χ1n) is 7.84. The first-order valence-corrected chi connectivity index (χ1v) is 7.84. The second-order valence-electron chi connectivity index (χ2n) is 6.81. The summed E-state index contributed by atoms with van der Waals surface area (Å²) in [7, 11) is 0. The lowest BCUT2D eigenvalue weighted by atomic mass is 9.84. The molecule has 0 amide bonds. The van der Waals surface area contributed by atoms with E-state index in [1.165, 1.54) is 17.5 Å². The van der Waals surface area contributed by atoms with Crippen LogP contribution < -0.4 is 5.32 Å².